The van der Waals surface area contributed by atoms with E-state index in [4.69, 9.17) is 5.26 Å². The molecule has 0 spiro atoms. The number of hydrogen-bond donors (Lipinski definition) is 0. The molecule has 1 saturated heterocycles. The van der Waals surface area contributed by atoms with Crippen LogP contribution in [0.25, 0.3) is 0 Å². The molecule has 2 heteroatoms. The summed E-state index contributed by atoms with van der Waals surface area (Å²) in [4.78, 5) is 2.33. The Labute approximate surface area is 91.1 Å². The lowest BCUT2D eigenvalue weighted by molar-refractivity contribution is 0.494. The normalized spacial score (nSPS) is 25.3. The minimum absolute atomic E-state index is 0.719. The van der Waals surface area contributed by atoms with Gasteiger partial charge in [-0.15, -0.1) is 0 Å². The van der Waals surface area contributed by atoms with Gasteiger partial charge in [0.25, 0.3) is 0 Å². The number of benzene rings is 1. The number of hydrogen-bond acceptors (Lipinski definition) is 2. The van der Waals surface area contributed by atoms with E-state index in [1.54, 1.807) is 0 Å². The quantitative estimate of drug-likeness (QED) is 0.697. The molecule has 1 aliphatic heterocycles. The highest BCUT2D eigenvalue weighted by molar-refractivity contribution is 5.59. The van der Waals surface area contributed by atoms with E-state index < -0.39 is 0 Å². The van der Waals surface area contributed by atoms with Gasteiger partial charge in [-0.25, -0.2) is 0 Å². The first-order valence-corrected chi connectivity index (χ1v) is 5.46. The van der Waals surface area contributed by atoms with Gasteiger partial charge in [-0.3, -0.25) is 0 Å². The van der Waals surface area contributed by atoms with Crippen LogP contribution in [0.2, 0.25) is 0 Å². The van der Waals surface area contributed by atoms with Crippen molar-refractivity contribution in [3.63, 3.8) is 0 Å². The van der Waals surface area contributed by atoms with Crippen LogP contribution in [0, 0.1) is 23.2 Å². The van der Waals surface area contributed by atoms with Gasteiger partial charge in [0.2, 0.25) is 0 Å². The molecule has 1 aliphatic rings. The van der Waals surface area contributed by atoms with Crippen molar-refractivity contribution in [1.29, 1.82) is 5.26 Å². The van der Waals surface area contributed by atoms with Crippen molar-refractivity contribution in [3.05, 3.63) is 29.8 Å². The summed E-state index contributed by atoms with van der Waals surface area (Å²) in [5.41, 5.74) is 1.88. The maximum absolute atomic E-state index is 9.03. The number of anilines is 1. The summed E-state index contributed by atoms with van der Waals surface area (Å²) < 4.78 is 0. The third-order valence-electron chi connectivity index (χ3n) is 3.35. The molecule has 0 bridgehead atoms. The highest BCUT2D eigenvalue weighted by Crippen LogP contribution is 2.29. The van der Waals surface area contributed by atoms with Gasteiger partial charge in [0, 0.05) is 13.1 Å². The molecule has 2 rings (SSSR count). The zero-order valence-electron chi connectivity index (χ0n) is 9.27. The SMILES string of the molecule is CC1CN(c2ccccc2C#N)CC1C. The van der Waals surface area contributed by atoms with Crippen LogP contribution in [0.1, 0.15) is 19.4 Å². The molecule has 1 aromatic rings. The molecular formula is C13H16N2. The van der Waals surface area contributed by atoms with Crippen LogP contribution in [0.5, 0.6) is 0 Å². The van der Waals surface area contributed by atoms with Crippen molar-refractivity contribution >= 4 is 5.69 Å². The Balaban J connectivity index is 2.28. The summed E-state index contributed by atoms with van der Waals surface area (Å²) in [6.07, 6.45) is 0. The van der Waals surface area contributed by atoms with Gasteiger partial charge in [0.05, 0.1) is 11.3 Å². The first-order valence-electron chi connectivity index (χ1n) is 5.46. The Bertz CT molecular complexity index is 382. The average molecular weight is 200 g/mol. The van der Waals surface area contributed by atoms with E-state index in [0.29, 0.717) is 0 Å². The Morgan fingerprint density at radius 2 is 1.80 bits per heavy atom. The Morgan fingerprint density at radius 1 is 1.20 bits per heavy atom. The van der Waals surface area contributed by atoms with Gasteiger partial charge in [-0.1, -0.05) is 26.0 Å². The molecule has 0 aliphatic carbocycles. The fraction of sp³-hybridized carbons (Fsp3) is 0.462. The lowest BCUT2D eigenvalue weighted by Crippen LogP contribution is -2.20. The molecule has 0 saturated carbocycles. The van der Waals surface area contributed by atoms with Crippen LogP contribution in [0.3, 0.4) is 0 Å². The Hall–Kier alpha value is -1.49. The molecule has 78 valence electrons. The van der Waals surface area contributed by atoms with Gasteiger partial charge in [0.15, 0.2) is 0 Å². The molecule has 0 aromatic heterocycles. The number of rotatable bonds is 1. The molecule has 15 heavy (non-hydrogen) atoms. The van der Waals surface area contributed by atoms with Gasteiger partial charge in [-0.05, 0) is 24.0 Å². The van der Waals surface area contributed by atoms with E-state index in [1.165, 1.54) is 0 Å². The second-order valence-electron chi connectivity index (χ2n) is 4.49. The highest BCUT2D eigenvalue weighted by Gasteiger charge is 2.27. The van der Waals surface area contributed by atoms with Crippen LogP contribution in [0.4, 0.5) is 5.69 Å². The van der Waals surface area contributed by atoms with E-state index >= 15 is 0 Å². The van der Waals surface area contributed by atoms with Crippen LogP contribution < -0.4 is 4.90 Å². The number of nitrogens with zero attached hydrogens (tertiary/aromatic N) is 2. The van der Waals surface area contributed by atoms with E-state index in [2.05, 4.69) is 24.8 Å². The van der Waals surface area contributed by atoms with Crippen molar-refractivity contribution in [2.24, 2.45) is 11.8 Å². The molecule has 1 heterocycles. The molecule has 0 amide bonds. The summed E-state index contributed by atoms with van der Waals surface area (Å²) in [6.45, 7) is 6.69. The maximum atomic E-state index is 9.03. The predicted molar refractivity (Wildman–Crippen MR) is 61.7 cm³/mol. The lowest BCUT2D eigenvalue weighted by Gasteiger charge is -2.19. The van der Waals surface area contributed by atoms with E-state index in [0.717, 1.165) is 36.2 Å². The molecule has 2 unspecified atom stereocenters. The van der Waals surface area contributed by atoms with E-state index in [9.17, 15) is 0 Å². The van der Waals surface area contributed by atoms with Crippen LogP contribution in [-0.2, 0) is 0 Å². The molecule has 0 radical (unpaired) electrons. The Kier molecular flexibility index (Phi) is 2.64. The van der Waals surface area contributed by atoms with E-state index in [1.807, 2.05) is 24.3 Å². The second kappa shape index (κ2) is 3.94. The first-order chi connectivity index (χ1) is 7.22. The minimum atomic E-state index is 0.719. The van der Waals surface area contributed by atoms with Gasteiger partial charge in [-0.2, -0.15) is 5.26 Å². The number of para-hydroxylation sites is 1. The largest absolute Gasteiger partial charge is 0.370 e. The lowest BCUT2D eigenvalue weighted by atomic mass is 10.0. The number of nitriles is 1. The standard InChI is InChI=1S/C13H16N2/c1-10-8-15(9-11(10)2)13-6-4-3-5-12(13)7-14/h3-6,10-11H,8-9H2,1-2H3. The third-order valence-corrected chi connectivity index (χ3v) is 3.35. The summed E-state index contributed by atoms with van der Waals surface area (Å²) >= 11 is 0. The minimum Gasteiger partial charge on any atom is -0.370 e. The zero-order chi connectivity index (χ0) is 10.8. The topological polar surface area (TPSA) is 27.0 Å². The van der Waals surface area contributed by atoms with Crippen LogP contribution in [-0.4, -0.2) is 13.1 Å². The smallest absolute Gasteiger partial charge is 0.101 e. The molecule has 1 aromatic carbocycles. The van der Waals surface area contributed by atoms with E-state index in [-0.39, 0.29) is 0 Å². The van der Waals surface area contributed by atoms with Gasteiger partial charge in [0.1, 0.15) is 6.07 Å². The average Bonchev–Trinajstić information content (AvgIpc) is 2.59. The summed E-state index contributed by atoms with van der Waals surface area (Å²) in [5.74, 6) is 1.44. The maximum Gasteiger partial charge on any atom is 0.101 e. The first kappa shape index (κ1) is 10.0. The predicted octanol–water partition coefficient (Wildman–Crippen LogP) is 2.65. The Morgan fingerprint density at radius 3 is 2.40 bits per heavy atom. The van der Waals surface area contributed by atoms with Gasteiger partial charge < -0.3 is 4.90 Å². The van der Waals surface area contributed by atoms with Crippen molar-refractivity contribution in [3.8, 4) is 6.07 Å². The summed E-state index contributed by atoms with van der Waals surface area (Å²) in [5, 5.41) is 9.03. The summed E-state index contributed by atoms with van der Waals surface area (Å²) in [7, 11) is 0. The van der Waals surface area contributed by atoms with Crippen molar-refractivity contribution in [2.45, 2.75) is 13.8 Å². The fourth-order valence-electron chi connectivity index (χ4n) is 2.17. The van der Waals surface area contributed by atoms with Crippen molar-refractivity contribution in [1.82, 2.24) is 0 Å². The third kappa shape index (κ3) is 1.83. The van der Waals surface area contributed by atoms with Crippen LogP contribution in [0.15, 0.2) is 24.3 Å². The molecular weight excluding hydrogens is 184 g/mol. The second-order valence-corrected chi connectivity index (χ2v) is 4.49. The highest BCUT2D eigenvalue weighted by atomic mass is 15.2. The van der Waals surface area contributed by atoms with Crippen molar-refractivity contribution in [2.75, 3.05) is 18.0 Å². The molecule has 0 N–H and O–H groups in total. The van der Waals surface area contributed by atoms with Crippen molar-refractivity contribution < 1.29 is 0 Å². The summed E-state index contributed by atoms with van der Waals surface area (Å²) in [6, 6.07) is 10.1. The molecule has 2 nitrogen and oxygen atoms in total. The molecule has 2 atom stereocenters. The zero-order valence-corrected chi connectivity index (χ0v) is 9.27. The molecule has 1 fully saturated rings. The van der Waals surface area contributed by atoms with Gasteiger partial charge >= 0.3 is 0 Å². The van der Waals surface area contributed by atoms with Crippen LogP contribution >= 0.6 is 0 Å². The monoisotopic (exact) mass is 200 g/mol. The fourth-order valence-corrected chi connectivity index (χ4v) is 2.17.